The highest BCUT2D eigenvalue weighted by Crippen LogP contribution is 2.38. The van der Waals surface area contributed by atoms with Gasteiger partial charge in [0, 0.05) is 5.56 Å². The van der Waals surface area contributed by atoms with Gasteiger partial charge in [-0.3, -0.25) is 0 Å². The lowest BCUT2D eigenvalue weighted by atomic mass is 9.97. The third-order valence-electron chi connectivity index (χ3n) is 3.19. The van der Waals surface area contributed by atoms with E-state index < -0.39 is 11.9 Å². The van der Waals surface area contributed by atoms with Gasteiger partial charge in [0.05, 0.1) is 19.8 Å². The van der Waals surface area contributed by atoms with Crippen molar-refractivity contribution in [2.45, 2.75) is 13.0 Å². The number of hydrogen-bond donors (Lipinski definition) is 1. The molecule has 0 aliphatic heterocycles. The maximum absolute atomic E-state index is 13.9. The van der Waals surface area contributed by atoms with Crippen LogP contribution in [0.1, 0.15) is 22.8 Å². The number of aryl methyl sites for hydroxylation is 1. The number of ether oxygens (including phenoxy) is 2. The zero-order valence-corrected chi connectivity index (χ0v) is 11.7. The van der Waals surface area contributed by atoms with Gasteiger partial charge in [-0.15, -0.1) is 0 Å². The van der Waals surface area contributed by atoms with E-state index in [0.29, 0.717) is 17.1 Å². The summed E-state index contributed by atoms with van der Waals surface area (Å²) in [5.41, 5.74) is 1.49. The van der Waals surface area contributed by atoms with Crippen molar-refractivity contribution in [2.75, 3.05) is 14.2 Å². The first-order valence-electron chi connectivity index (χ1n) is 6.23. The van der Waals surface area contributed by atoms with E-state index in [1.165, 1.54) is 20.3 Å². The number of aliphatic hydroxyl groups excluding tert-OH is 1. The summed E-state index contributed by atoms with van der Waals surface area (Å²) < 4.78 is 24.4. The van der Waals surface area contributed by atoms with Crippen molar-refractivity contribution in [3.05, 3.63) is 58.9 Å². The molecule has 3 nitrogen and oxygen atoms in total. The quantitative estimate of drug-likeness (QED) is 0.931. The average molecular weight is 276 g/mol. The van der Waals surface area contributed by atoms with Gasteiger partial charge in [0.15, 0.2) is 0 Å². The zero-order valence-electron chi connectivity index (χ0n) is 11.7. The SMILES string of the molecule is COc1cccc(OC)c1C(O)c1cc(C)ccc1F. The highest BCUT2D eigenvalue weighted by atomic mass is 19.1. The first kappa shape index (κ1) is 14.3. The fourth-order valence-electron chi connectivity index (χ4n) is 2.18. The highest BCUT2D eigenvalue weighted by molar-refractivity contribution is 5.50. The van der Waals surface area contributed by atoms with E-state index in [1.807, 2.05) is 6.92 Å². The van der Waals surface area contributed by atoms with Crippen LogP contribution in [0.3, 0.4) is 0 Å². The molecule has 4 heteroatoms. The van der Waals surface area contributed by atoms with Crippen molar-refractivity contribution < 1.29 is 19.0 Å². The zero-order chi connectivity index (χ0) is 14.7. The van der Waals surface area contributed by atoms with E-state index >= 15 is 0 Å². The van der Waals surface area contributed by atoms with Crippen LogP contribution < -0.4 is 9.47 Å². The molecule has 0 heterocycles. The minimum Gasteiger partial charge on any atom is -0.496 e. The Morgan fingerprint density at radius 3 is 2.20 bits per heavy atom. The van der Waals surface area contributed by atoms with Gasteiger partial charge in [0.1, 0.15) is 23.4 Å². The Balaban J connectivity index is 2.58. The Morgan fingerprint density at radius 2 is 1.65 bits per heavy atom. The Labute approximate surface area is 117 Å². The summed E-state index contributed by atoms with van der Waals surface area (Å²) >= 11 is 0. The minimum absolute atomic E-state index is 0.202. The Bertz CT molecular complexity index is 588. The van der Waals surface area contributed by atoms with Crippen molar-refractivity contribution in [2.24, 2.45) is 0 Å². The van der Waals surface area contributed by atoms with Crippen LogP contribution in [0.2, 0.25) is 0 Å². The lowest BCUT2D eigenvalue weighted by Crippen LogP contribution is -2.07. The molecule has 1 N–H and O–H groups in total. The molecule has 0 bridgehead atoms. The summed E-state index contributed by atoms with van der Waals surface area (Å²) in [5, 5.41) is 10.5. The van der Waals surface area contributed by atoms with Crippen molar-refractivity contribution in [1.82, 2.24) is 0 Å². The molecular weight excluding hydrogens is 259 g/mol. The molecule has 0 saturated carbocycles. The molecule has 2 aromatic rings. The van der Waals surface area contributed by atoms with Gasteiger partial charge in [0.2, 0.25) is 0 Å². The summed E-state index contributed by atoms with van der Waals surface area (Å²) in [7, 11) is 3.00. The van der Waals surface area contributed by atoms with Crippen LogP contribution in [0.25, 0.3) is 0 Å². The number of methoxy groups -OCH3 is 2. The summed E-state index contributed by atoms with van der Waals surface area (Å²) in [6.45, 7) is 1.84. The van der Waals surface area contributed by atoms with Crippen LogP contribution >= 0.6 is 0 Å². The predicted octanol–water partition coefficient (Wildman–Crippen LogP) is 3.23. The van der Waals surface area contributed by atoms with E-state index in [1.54, 1.807) is 30.3 Å². The third-order valence-corrected chi connectivity index (χ3v) is 3.19. The van der Waals surface area contributed by atoms with Gasteiger partial charge in [-0.2, -0.15) is 0 Å². The van der Waals surface area contributed by atoms with Crippen LogP contribution in [0, 0.1) is 12.7 Å². The molecule has 1 unspecified atom stereocenters. The van der Waals surface area contributed by atoms with Gasteiger partial charge < -0.3 is 14.6 Å². The summed E-state index contributed by atoms with van der Waals surface area (Å²) in [6, 6.07) is 9.77. The third kappa shape index (κ3) is 2.60. The van der Waals surface area contributed by atoms with Gasteiger partial charge in [-0.1, -0.05) is 23.8 Å². The topological polar surface area (TPSA) is 38.7 Å². The molecule has 0 radical (unpaired) electrons. The van der Waals surface area contributed by atoms with E-state index in [9.17, 15) is 9.50 Å². The van der Waals surface area contributed by atoms with Crippen LogP contribution in [0.4, 0.5) is 4.39 Å². The molecule has 0 spiro atoms. The molecule has 0 aromatic heterocycles. The van der Waals surface area contributed by atoms with Crippen LogP contribution in [-0.4, -0.2) is 19.3 Å². The van der Waals surface area contributed by atoms with Gasteiger partial charge in [-0.05, 0) is 25.1 Å². The maximum Gasteiger partial charge on any atom is 0.129 e. The standard InChI is InChI=1S/C16H17FO3/c1-10-7-8-12(17)11(9-10)16(18)15-13(19-2)5-4-6-14(15)20-3/h4-9,16,18H,1-3H3. The summed E-state index contributed by atoms with van der Waals surface area (Å²) in [5.74, 6) is 0.451. The second-order valence-electron chi connectivity index (χ2n) is 4.50. The lowest BCUT2D eigenvalue weighted by molar-refractivity contribution is 0.204. The van der Waals surface area contributed by atoms with E-state index in [-0.39, 0.29) is 5.56 Å². The lowest BCUT2D eigenvalue weighted by Gasteiger charge is -2.19. The molecule has 1 atom stereocenters. The second kappa shape index (κ2) is 5.92. The van der Waals surface area contributed by atoms with Crippen LogP contribution in [0.5, 0.6) is 11.5 Å². The van der Waals surface area contributed by atoms with Gasteiger partial charge >= 0.3 is 0 Å². The van der Waals surface area contributed by atoms with Gasteiger partial charge in [0.25, 0.3) is 0 Å². The molecular formula is C16H17FO3. The molecule has 2 rings (SSSR count). The van der Waals surface area contributed by atoms with E-state index in [2.05, 4.69) is 0 Å². The van der Waals surface area contributed by atoms with Crippen LogP contribution in [0.15, 0.2) is 36.4 Å². The summed E-state index contributed by atoms with van der Waals surface area (Å²) in [4.78, 5) is 0. The molecule has 0 amide bonds. The second-order valence-corrected chi connectivity index (χ2v) is 4.50. The first-order valence-corrected chi connectivity index (χ1v) is 6.23. The van der Waals surface area contributed by atoms with Crippen LogP contribution in [-0.2, 0) is 0 Å². The molecule has 20 heavy (non-hydrogen) atoms. The average Bonchev–Trinajstić information content (AvgIpc) is 2.48. The molecule has 0 saturated heterocycles. The molecule has 0 aliphatic carbocycles. The van der Waals surface area contributed by atoms with Crippen molar-refractivity contribution in [1.29, 1.82) is 0 Å². The number of halogens is 1. The Morgan fingerprint density at radius 1 is 1.05 bits per heavy atom. The van der Waals surface area contributed by atoms with Crippen molar-refractivity contribution >= 4 is 0 Å². The summed E-state index contributed by atoms with van der Waals surface area (Å²) in [6.07, 6.45) is -1.15. The first-order chi connectivity index (χ1) is 9.58. The fraction of sp³-hybridized carbons (Fsp3) is 0.250. The number of hydrogen-bond acceptors (Lipinski definition) is 3. The number of aliphatic hydroxyl groups is 1. The number of benzene rings is 2. The van der Waals surface area contributed by atoms with E-state index in [4.69, 9.17) is 9.47 Å². The molecule has 106 valence electrons. The molecule has 2 aromatic carbocycles. The normalized spacial score (nSPS) is 12.1. The monoisotopic (exact) mass is 276 g/mol. The Kier molecular flexibility index (Phi) is 4.25. The molecule has 0 fully saturated rings. The smallest absolute Gasteiger partial charge is 0.129 e. The van der Waals surface area contributed by atoms with E-state index in [0.717, 1.165) is 5.56 Å². The minimum atomic E-state index is -1.15. The highest BCUT2D eigenvalue weighted by Gasteiger charge is 2.23. The number of rotatable bonds is 4. The predicted molar refractivity (Wildman–Crippen MR) is 74.7 cm³/mol. The fourth-order valence-corrected chi connectivity index (χ4v) is 2.18. The Hall–Kier alpha value is -2.07. The largest absolute Gasteiger partial charge is 0.496 e. The van der Waals surface area contributed by atoms with Gasteiger partial charge in [-0.25, -0.2) is 4.39 Å². The van der Waals surface area contributed by atoms with Crippen molar-refractivity contribution in [3.8, 4) is 11.5 Å². The maximum atomic E-state index is 13.9. The molecule has 0 aliphatic rings. The van der Waals surface area contributed by atoms with Crippen molar-refractivity contribution in [3.63, 3.8) is 0 Å².